The molecule has 1 atom stereocenters. The zero-order valence-electron chi connectivity index (χ0n) is 11.3. The predicted octanol–water partition coefficient (Wildman–Crippen LogP) is 0.673. The van der Waals surface area contributed by atoms with Crippen molar-refractivity contribution in [3.05, 3.63) is 0 Å². The molecule has 3 N–H and O–H groups in total. The highest BCUT2D eigenvalue weighted by atomic mass is 16.5. The zero-order chi connectivity index (χ0) is 13.1. The van der Waals surface area contributed by atoms with Gasteiger partial charge in [-0.05, 0) is 32.7 Å². The Morgan fingerprint density at radius 2 is 2.06 bits per heavy atom. The zero-order valence-corrected chi connectivity index (χ0v) is 11.3. The summed E-state index contributed by atoms with van der Waals surface area (Å²) in [7, 11) is 1.67. The van der Waals surface area contributed by atoms with Gasteiger partial charge in [0.2, 0.25) is 5.91 Å². The molecule has 0 fully saturated rings. The number of primary amides is 1. The van der Waals surface area contributed by atoms with Crippen LogP contribution in [0.2, 0.25) is 0 Å². The summed E-state index contributed by atoms with van der Waals surface area (Å²) in [5.74, 6) is -0.327. The highest BCUT2D eigenvalue weighted by Gasteiger charge is 2.29. The van der Waals surface area contributed by atoms with Crippen LogP contribution in [0.4, 0.5) is 0 Å². The van der Waals surface area contributed by atoms with Gasteiger partial charge < -0.3 is 20.5 Å². The van der Waals surface area contributed by atoms with Crippen molar-refractivity contribution < 1.29 is 14.3 Å². The van der Waals surface area contributed by atoms with Crippen molar-refractivity contribution in [1.82, 2.24) is 5.32 Å². The Morgan fingerprint density at radius 3 is 2.59 bits per heavy atom. The van der Waals surface area contributed by atoms with Crippen LogP contribution in [0.5, 0.6) is 0 Å². The molecule has 0 aliphatic heterocycles. The Hall–Kier alpha value is -0.650. The molecule has 0 radical (unpaired) electrons. The number of carbonyl (C=O) groups is 1. The lowest BCUT2D eigenvalue weighted by atomic mass is 9.97. The summed E-state index contributed by atoms with van der Waals surface area (Å²) in [4.78, 5) is 11.4. The van der Waals surface area contributed by atoms with Gasteiger partial charge in [-0.3, -0.25) is 4.79 Å². The van der Waals surface area contributed by atoms with Gasteiger partial charge >= 0.3 is 0 Å². The van der Waals surface area contributed by atoms with Crippen molar-refractivity contribution in [3.8, 4) is 0 Å². The molecule has 0 aromatic carbocycles. The highest BCUT2D eigenvalue weighted by molar-refractivity contribution is 5.84. The summed E-state index contributed by atoms with van der Waals surface area (Å²) in [6, 6.07) is 0. The number of hydrogen-bond acceptors (Lipinski definition) is 4. The molecular weight excluding hydrogens is 220 g/mol. The van der Waals surface area contributed by atoms with Crippen LogP contribution in [0.3, 0.4) is 0 Å². The molecule has 0 aromatic rings. The molecule has 0 heterocycles. The van der Waals surface area contributed by atoms with Gasteiger partial charge in [0.05, 0.1) is 5.54 Å². The Balaban J connectivity index is 3.81. The summed E-state index contributed by atoms with van der Waals surface area (Å²) in [6.07, 6.45) is 2.43. The smallest absolute Gasteiger partial charge is 0.237 e. The maximum absolute atomic E-state index is 11.4. The third-order valence-electron chi connectivity index (χ3n) is 2.69. The Morgan fingerprint density at radius 1 is 1.35 bits per heavy atom. The van der Waals surface area contributed by atoms with Crippen molar-refractivity contribution in [1.29, 1.82) is 0 Å². The van der Waals surface area contributed by atoms with Crippen molar-refractivity contribution in [3.63, 3.8) is 0 Å². The molecule has 102 valence electrons. The van der Waals surface area contributed by atoms with E-state index in [0.717, 1.165) is 19.4 Å². The molecule has 5 heteroatoms. The Bertz CT molecular complexity index is 212. The second kappa shape index (κ2) is 9.39. The SMILES string of the molecule is CCCNC(C)(CCOCCCOC)C(N)=O. The number of rotatable bonds is 11. The lowest BCUT2D eigenvalue weighted by molar-refractivity contribution is -0.124. The molecule has 0 rings (SSSR count). The van der Waals surface area contributed by atoms with Crippen LogP contribution in [-0.2, 0) is 14.3 Å². The largest absolute Gasteiger partial charge is 0.385 e. The van der Waals surface area contributed by atoms with Crippen molar-refractivity contribution in [2.45, 2.75) is 38.6 Å². The molecule has 1 unspecified atom stereocenters. The Labute approximate surface area is 104 Å². The normalized spacial score (nSPS) is 14.5. The topological polar surface area (TPSA) is 73.6 Å². The van der Waals surface area contributed by atoms with Crippen LogP contribution < -0.4 is 11.1 Å². The summed E-state index contributed by atoms with van der Waals surface area (Å²) in [5.41, 5.74) is 4.73. The van der Waals surface area contributed by atoms with E-state index in [4.69, 9.17) is 15.2 Å². The number of methoxy groups -OCH3 is 1. The lowest BCUT2D eigenvalue weighted by Crippen LogP contribution is -2.54. The number of hydrogen-bond donors (Lipinski definition) is 2. The van der Waals surface area contributed by atoms with Crippen LogP contribution in [0, 0.1) is 0 Å². The van der Waals surface area contributed by atoms with E-state index in [1.165, 1.54) is 0 Å². The summed E-state index contributed by atoms with van der Waals surface area (Å²) in [6.45, 7) is 6.53. The number of nitrogens with two attached hydrogens (primary N) is 1. The molecule has 0 bridgehead atoms. The first-order valence-electron chi connectivity index (χ1n) is 6.18. The average molecular weight is 246 g/mol. The molecule has 0 aromatic heterocycles. The molecule has 0 aliphatic rings. The van der Waals surface area contributed by atoms with E-state index in [2.05, 4.69) is 12.2 Å². The number of carbonyl (C=O) groups excluding carboxylic acids is 1. The van der Waals surface area contributed by atoms with Crippen LogP contribution in [0.25, 0.3) is 0 Å². The molecule has 0 saturated carbocycles. The molecule has 0 spiro atoms. The fourth-order valence-electron chi connectivity index (χ4n) is 1.38. The number of ether oxygens (including phenoxy) is 2. The lowest BCUT2D eigenvalue weighted by Gasteiger charge is -2.27. The van der Waals surface area contributed by atoms with Crippen LogP contribution in [-0.4, -0.2) is 44.9 Å². The van der Waals surface area contributed by atoms with Gasteiger partial charge in [0.1, 0.15) is 0 Å². The molecular formula is C12H26N2O3. The second-order valence-corrected chi connectivity index (χ2v) is 4.33. The van der Waals surface area contributed by atoms with Gasteiger partial charge in [0.25, 0.3) is 0 Å². The third kappa shape index (κ3) is 7.31. The minimum atomic E-state index is -0.669. The van der Waals surface area contributed by atoms with Crippen LogP contribution in [0.1, 0.15) is 33.1 Å². The minimum absolute atomic E-state index is 0.327. The molecule has 1 amide bonds. The molecule has 5 nitrogen and oxygen atoms in total. The average Bonchev–Trinajstić information content (AvgIpc) is 2.31. The van der Waals surface area contributed by atoms with Gasteiger partial charge in [-0.1, -0.05) is 6.92 Å². The van der Waals surface area contributed by atoms with Gasteiger partial charge in [-0.15, -0.1) is 0 Å². The first-order valence-corrected chi connectivity index (χ1v) is 6.18. The third-order valence-corrected chi connectivity index (χ3v) is 2.69. The van der Waals surface area contributed by atoms with E-state index in [0.29, 0.717) is 26.2 Å². The van der Waals surface area contributed by atoms with Crippen molar-refractivity contribution in [2.75, 3.05) is 33.5 Å². The summed E-state index contributed by atoms with van der Waals surface area (Å²) >= 11 is 0. The maximum atomic E-state index is 11.4. The van der Waals surface area contributed by atoms with Crippen molar-refractivity contribution in [2.24, 2.45) is 5.73 Å². The summed E-state index contributed by atoms with van der Waals surface area (Å²) in [5, 5.41) is 3.17. The predicted molar refractivity (Wildman–Crippen MR) is 67.8 cm³/mol. The van der Waals surface area contributed by atoms with Crippen molar-refractivity contribution >= 4 is 5.91 Å². The standard InChI is InChI=1S/C12H26N2O3/c1-4-7-14-12(2,11(13)15)6-10-17-9-5-8-16-3/h14H,4-10H2,1-3H3,(H2,13,15). The monoisotopic (exact) mass is 246 g/mol. The van der Waals surface area contributed by atoms with E-state index in [-0.39, 0.29) is 5.91 Å². The highest BCUT2D eigenvalue weighted by Crippen LogP contribution is 2.09. The Kier molecular flexibility index (Phi) is 9.03. The van der Waals surface area contributed by atoms with Crippen LogP contribution >= 0.6 is 0 Å². The van der Waals surface area contributed by atoms with Crippen LogP contribution in [0.15, 0.2) is 0 Å². The quantitative estimate of drug-likeness (QED) is 0.526. The summed E-state index contributed by atoms with van der Waals surface area (Å²) < 4.78 is 10.3. The number of amides is 1. The van der Waals surface area contributed by atoms with E-state index in [1.54, 1.807) is 7.11 Å². The number of nitrogens with one attached hydrogen (secondary N) is 1. The second-order valence-electron chi connectivity index (χ2n) is 4.33. The van der Waals surface area contributed by atoms with E-state index >= 15 is 0 Å². The van der Waals surface area contributed by atoms with Gasteiger partial charge in [-0.25, -0.2) is 0 Å². The molecule has 17 heavy (non-hydrogen) atoms. The first-order chi connectivity index (χ1) is 8.06. The molecule has 0 aliphatic carbocycles. The van der Waals surface area contributed by atoms with Gasteiger partial charge in [0.15, 0.2) is 0 Å². The van der Waals surface area contributed by atoms with E-state index in [9.17, 15) is 4.79 Å². The fourth-order valence-corrected chi connectivity index (χ4v) is 1.38. The first kappa shape index (κ1) is 16.4. The molecule has 0 saturated heterocycles. The van der Waals surface area contributed by atoms with Gasteiger partial charge in [0, 0.05) is 26.9 Å². The maximum Gasteiger partial charge on any atom is 0.237 e. The fraction of sp³-hybridized carbons (Fsp3) is 0.917. The van der Waals surface area contributed by atoms with Gasteiger partial charge in [-0.2, -0.15) is 0 Å². The van der Waals surface area contributed by atoms with E-state index < -0.39 is 5.54 Å². The van der Waals surface area contributed by atoms with E-state index in [1.807, 2.05) is 6.92 Å². The minimum Gasteiger partial charge on any atom is -0.385 e.